The van der Waals surface area contributed by atoms with Crippen LogP contribution in [0, 0.1) is 0 Å². The summed E-state index contributed by atoms with van der Waals surface area (Å²) in [6.07, 6.45) is 0. The molecule has 1 rings (SSSR count). The third-order valence-electron chi connectivity index (χ3n) is 2.41. The summed E-state index contributed by atoms with van der Waals surface area (Å²) in [5.41, 5.74) is -0.467. The van der Waals surface area contributed by atoms with Crippen molar-refractivity contribution < 1.29 is 23.1 Å². The number of carbonyl (C=O) groups excluding carboxylic acids is 2. The average molecular weight is 271 g/mol. The Morgan fingerprint density at radius 2 is 1.95 bits per heavy atom. The molecule has 104 valence electrons. The molecule has 1 amide bonds. The molecule has 0 spiro atoms. The van der Waals surface area contributed by atoms with Crippen LogP contribution < -0.4 is 0 Å². The summed E-state index contributed by atoms with van der Waals surface area (Å²) >= 11 is 0. The van der Waals surface area contributed by atoms with E-state index >= 15 is 0 Å². The Balaban J connectivity index is 3.11. The zero-order valence-corrected chi connectivity index (χ0v) is 10.9. The number of benzene rings is 1. The van der Waals surface area contributed by atoms with Crippen molar-refractivity contribution in [2.24, 2.45) is 0 Å². The van der Waals surface area contributed by atoms with Crippen LogP contribution in [-0.2, 0) is 15.5 Å². The van der Waals surface area contributed by atoms with Gasteiger partial charge in [0, 0.05) is 25.2 Å². The normalized spacial score (nSPS) is 11.0. The van der Waals surface area contributed by atoms with Crippen LogP contribution in [-0.4, -0.2) is 37.5 Å². The number of amides is 1. The van der Waals surface area contributed by atoms with Gasteiger partial charge in [0.05, 0.1) is 6.61 Å². The van der Waals surface area contributed by atoms with Gasteiger partial charge in [-0.1, -0.05) is 12.1 Å². The molecule has 0 aliphatic rings. The van der Waals surface area contributed by atoms with Crippen molar-refractivity contribution in [1.82, 2.24) is 4.90 Å². The average Bonchev–Trinajstić information content (AvgIpc) is 2.38. The highest BCUT2D eigenvalue weighted by molar-refractivity contribution is 5.94. The number of hydrogen-bond donors (Lipinski definition) is 0. The summed E-state index contributed by atoms with van der Waals surface area (Å²) in [6.45, 7) is 1.31. The number of esters is 1. The molecule has 0 fully saturated rings. The fourth-order valence-electron chi connectivity index (χ4n) is 1.45. The Morgan fingerprint density at radius 1 is 1.32 bits per heavy atom. The van der Waals surface area contributed by atoms with Crippen LogP contribution in [0.4, 0.5) is 8.78 Å². The molecular weight excluding hydrogens is 256 g/mol. The minimum Gasteiger partial charge on any atom is -0.461 e. The molecule has 0 aliphatic carbocycles. The van der Waals surface area contributed by atoms with Gasteiger partial charge >= 0.3 is 11.9 Å². The number of ether oxygens (including phenoxy) is 1. The van der Waals surface area contributed by atoms with Crippen molar-refractivity contribution in [1.29, 1.82) is 0 Å². The fraction of sp³-hybridized carbons (Fsp3) is 0.385. The molecule has 6 heteroatoms. The molecular formula is C13H15F2NO3. The summed E-state index contributed by atoms with van der Waals surface area (Å²) in [5, 5.41) is 0. The van der Waals surface area contributed by atoms with E-state index in [1.165, 1.54) is 38.1 Å². The summed E-state index contributed by atoms with van der Waals surface area (Å²) in [5.74, 6) is -5.80. The summed E-state index contributed by atoms with van der Waals surface area (Å²) < 4.78 is 31.9. The highest BCUT2D eigenvalue weighted by Gasteiger charge is 2.42. The minimum absolute atomic E-state index is 0.0893. The van der Waals surface area contributed by atoms with Crippen LogP contribution in [0.5, 0.6) is 0 Å². The second kappa shape index (κ2) is 5.77. The maximum absolute atomic E-state index is 13.8. The molecule has 19 heavy (non-hydrogen) atoms. The Bertz CT molecular complexity index is 487. The SMILES string of the molecule is CCOC(=O)C(F)(F)c1cccc(C(=O)N(C)C)c1. The van der Waals surface area contributed by atoms with Gasteiger partial charge in [-0.3, -0.25) is 4.79 Å². The first-order chi connectivity index (χ1) is 8.80. The molecule has 0 aliphatic heterocycles. The van der Waals surface area contributed by atoms with Gasteiger partial charge in [0.15, 0.2) is 0 Å². The number of nitrogens with zero attached hydrogens (tertiary/aromatic N) is 1. The van der Waals surface area contributed by atoms with Gasteiger partial charge in [0.2, 0.25) is 0 Å². The van der Waals surface area contributed by atoms with Crippen LogP contribution in [0.3, 0.4) is 0 Å². The van der Waals surface area contributed by atoms with E-state index in [0.29, 0.717) is 0 Å². The van der Waals surface area contributed by atoms with Crippen LogP contribution in [0.1, 0.15) is 22.8 Å². The van der Waals surface area contributed by atoms with E-state index in [0.717, 1.165) is 12.1 Å². The van der Waals surface area contributed by atoms with E-state index in [9.17, 15) is 18.4 Å². The van der Waals surface area contributed by atoms with E-state index < -0.39 is 23.4 Å². The van der Waals surface area contributed by atoms with E-state index in [4.69, 9.17) is 0 Å². The monoisotopic (exact) mass is 271 g/mol. The molecule has 1 aromatic rings. The van der Waals surface area contributed by atoms with Gasteiger partial charge in [-0.05, 0) is 19.1 Å². The molecule has 0 unspecified atom stereocenters. The lowest BCUT2D eigenvalue weighted by Gasteiger charge is -2.16. The molecule has 1 aromatic carbocycles. The standard InChI is InChI=1S/C13H15F2NO3/c1-4-19-12(18)13(14,15)10-7-5-6-9(8-10)11(17)16(2)3/h5-8H,4H2,1-3H3. The van der Waals surface area contributed by atoms with Gasteiger partial charge < -0.3 is 9.64 Å². The Hall–Kier alpha value is -1.98. The van der Waals surface area contributed by atoms with Crippen LogP contribution in [0.15, 0.2) is 24.3 Å². The topological polar surface area (TPSA) is 46.6 Å². The van der Waals surface area contributed by atoms with Crippen molar-refractivity contribution >= 4 is 11.9 Å². The van der Waals surface area contributed by atoms with Crippen molar-refractivity contribution in [3.05, 3.63) is 35.4 Å². The first-order valence-corrected chi connectivity index (χ1v) is 5.68. The highest BCUT2D eigenvalue weighted by Crippen LogP contribution is 2.30. The lowest BCUT2D eigenvalue weighted by molar-refractivity contribution is -0.173. The van der Waals surface area contributed by atoms with E-state index in [-0.39, 0.29) is 12.2 Å². The van der Waals surface area contributed by atoms with Crippen LogP contribution in [0.2, 0.25) is 0 Å². The number of rotatable bonds is 4. The Kier molecular flexibility index (Phi) is 4.58. The van der Waals surface area contributed by atoms with Crippen molar-refractivity contribution in [3.8, 4) is 0 Å². The zero-order valence-electron chi connectivity index (χ0n) is 10.9. The van der Waals surface area contributed by atoms with Crippen LogP contribution in [0.25, 0.3) is 0 Å². The maximum atomic E-state index is 13.8. The first-order valence-electron chi connectivity index (χ1n) is 5.68. The molecule has 0 N–H and O–H groups in total. The molecule has 0 aromatic heterocycles. The molecule has 0 saturated carbocycles. The Morgan fingerprint density at radius 3 is 2.47 bits per heavy atom. The Labute approximate surface area is 110 Å². The summed E-state index contributed by atoms with van der Waals surface area (Å²) in [6, 6.07) is 4.80. The quantitative estimate of drug-likeness (QED) is 0.787. The minimum atomic E-state index is -3.77. The highest BCUT2D eigenvalue weighted by atomic mass is 19.3. The number of alkyl halides is 2. The predicted molar refractivity (Wildman–Crippen MR) is 65.0 cm³/mol. The van der Waals surface area contributed by atoms with E-state index in [2.05, 4.69) is 4.74 Å². The largest absolute Gasteiger partial charge is 0.461 e. The smallest absolute Gasteiger partial charge is 0.381 e. The van der Waals surface area contributed by atoms with Gasteiger partial charge in [-0.2, -0.15) is 8.78 Å². The fourth-order valence-corrected chi connectivity index (χ4v) is 1.45. The summed E-state index contributed by atoms with van der Waals surface area (Å²) in [7, 11) is 3.02. The molecule has 0 radical (unpaired) electrons. The number of halogens is 2. The molecule has 0 saturated heterocycles. The van der Waals surface area contributed by atoms with E-state index in [1.807, 2.05) is 0 Å². The first kappa shape index (κ1) is 15.1. The maximum Gasteiger partial charge on any atom is 0.381 e. The third kappa shape index (κ3) is 3.27. The van der Waals surface area contributed by atoms with Crippen molar-refractivity contribution in [2.45, 2.75) is 12.8 Å². The number of hydrogen-bond acceptors (Lipinski definition) is 3. The molecule has 0 heterocycles. The molecule has 4 nitrogen and oxygen atoms in total. The lowest BCUT2D eigenvalue weighted by Crippen LogP contribution is -2.29. The van der Waals surface area contributed by atoms with Crippen LogP contribution >= 0.6 is 0 Å². The van der Waals surface area contributed by atoms with E-state index in [1.54, 1.807) is 0 Å². The molecule has 0 atom stereocenters. The second-order valence-electron chi connectivity index (χ2n) is 4.08. The van der Waals surface area contributed by atoms with Gasteiger partial charge in [-0.15, -0.1) is 0 Å². The van der Waals surface area contributed by atoms with Gasteiger partial charge in [0.25, 0.3) is 5.91 Å². The summed E-state index contributed by atoms with van der Waals surface area (Å²) in [4.78, 5) is 24.2. The van der Waals surface area contributed by atoms with Gasteiger partial charge in [0.1, 0.15) is 0 Å². The second-order valence-corrected chi connectivity index (χ2v) is 4.08. The van der Waals surface area contributed by atoms with Gasteiger partial charge in [-0.25, -0.2) is 4.79 Å². The third-order valence-corrected chi connectivity index (χ3v) is 2.41. The predicted octanol–water partition coefficient (Wildman–Crippen LogP) is 2.04. The number of carbonyl (C=O) groups is 2. The zero-order chi connectivity index (χ0) is 14.6. The lowest BCUT2D eigenvalue weighted by atomic mass is 10.0. The van der Waals surface area contributed by atoms with Crippen molar-refractivity contribution in [3.63, 3.8) is 0 Å². The molecule has 0 bridgehead atoms. The van der Waals surface area contributed by atoms with Crippen molar-refractivity contribution in [2.75, 3.05) is 20.7 Å².